The molecule has 5 rings (SSSR count). The molecule has 0 aliphatic carbocycles. The van der Waals surface area contributed by atoms with Crippen LogP contribution in [0.2, 0.25) is 0 Å². The van der Waals surface area contributed by atoms with Gasteiger partial charge < -0.3 is 10.6 Å². The number of aryl methyl sites for hydroxylation is 1. The molecule has 5 heterocycles. The van der Waals surface area contributed by atoms with Crippen molar-refractivity contribution in [3.05, 3.63) is 78.5 Å². The van der Waals surface area contributed by atoms with Crippen LogP contribution in [-0.2, 0) is 11.8 Å². The first-order valence-electron chi connectivity index (χ1n) is 10.7. The predicted molar refractivity (Wildman–Crippen MR) is 129 cm³/mol. The van der Waals surface area contributed by atoms with E-state index in [1.54, 1.807) is 27.7 Å². The van der Waals surface area contributed by atoms with E-state index in [1.165, 1.54) is 0 Å². The van der Waals surface area contributed by atoms with Crippen LogP contribution < -0.4 is 10.6 Å². The third-order valence-corrected chi connectivity index (χ3v) is 6.04. The number of aromatic nitrogens is 5. The Morgan fingerprint density at radius 1 is 1.18 bits per heavy atom. The molecule has 0 atom stereocenters. The maximum absolute atomic E-state index is 11.3. The molecule has 9 heteroatoms. The molecule has 1 aliphatic rings. The van der Waals surface area contributed by atoms with Gasteiger partial charge in [0.05, 0.1) is 23.5 Å². The summed E-state index contributed by atoms with van der Waals surface area (Å²) in [6.45, 7) is 5.12. The standard InChI is InChI=1S/C25H22N8O/c1-16(25(27)34)18-3-4-23(28-11-18)32-7-5-17(6-8-32)22-9-19(21-13-29-31(2)14-21)15-33-24(22)20(10-26)12-30-33/h3-5,9,11-15H,1,6-8H2,2H3,(H2,27,34). The molecule has 4 aromatic rings. The zero-order valence-electron chi connectivity index (χ0n) is 18.6. The topological polar surface area (TPSA) is 118 Å². The van der Waals surface area contributed by atoms with Gasteiger partial charge in [-0.1, -0.05) is 12.7 Å². The number of carbonyl (C=O) groups is 1. The lowest BCUT2D eigenvalue weighted by molar-refractivity contribution is -0.112. The molecule has 0 spiro atoms. The minimum absolute atomic E-state index is 0.242. The third kappa shape index (κ3) is 3.71. The Bertz CT molecular complexity index is 1500. The van der Waals surface area contributed by atoms with E-state index in [2.05, 4.69) is 44.9 Å². The van der Waals surface area contributed by atoms with E-state index >= 15 is 0 Å². The van der Waals surface area contributed by atoms with Crippen LogP contribution in [0.25, 0.3) is 27.8 Å². The second-order valence-electron chi connectivity index (χ2n) is 8.18. The number of hydrogen-bond acceptors (Lipinski definition) is 6. The number of anilines is 1. The summed E-state index contributed by atoms with van der Waals surface area (Å²) < 4.78 is 3.53. The van der Waals surface area contributed by atoms with E-state index in [0.29, 0.717) is 17.7 Å². The lowest BCUT2D eigenvalue weighted by Gasteiger charge is -2.28. The highest BCUT2D eigenvalue weighted by atomic mass is 16.1. The fourth-order valence-corrected chi connectivity index (χ4v) is 4.19. The fraction of sp³-hybridized carbons (Fsp3) is 0.160. The quantitative estimate of drug-likeness (QED) is 0.467. The zero-order valence-corrected chi connectivity index (χ0v) is 18.6. The second kappa shape index (κ2) is 8.33. The van der Waals surface area contributed by atoms with Crippen LogP contribution in [0.1, 0.15) is 23.1 Å². The maximum atomic E-state index is 11.3. The zero-order chi connectivity index (χ0) is 23.8. The van der Waals surface area contributed by atoms with E-state index in [1.807, 2.05) is 31.7 Å². The Morgan fingerprint density at radius 2 is 2.03 bits per heavy atom. The molecule has 2 N–H and O–H groups in total. The molecule has 1 amide bonds. The average molecular weight is 451 g/mol. The smallest absolute Gasteiger partial charge is 0.248 e. The summed E-state index contributed by atoms with van der Waals surface area (Å²) in [6.07, 6.45) is 11.9. The lowest BCUT2D eigenvalue weighted by Crippen LogP contribution is -2.29. The number of nitrogens with two attached hydrogens (primary N) is 1. The van der Waals surface area contributed by atoms with Crippen LogP contribution in [0.5, 0.6) is 0 Å². The first kappa shape index (κ1) is 21.2. The monoisotopic (exact) mass is 450 g/mol. The molecule has 0 unspecified atom stereocenters. The molecule has 0 bridgehead atoms. The normalized spacial score (nSPS) is 13.5. The van der Waals surface area contributed by atoms with Crippen LogP contribution in [0.3, 0.4) is 0 Å². The molecule has 168 valence electrons. The molecule has 9 nitrogen and oxygen atoms in total. The van der Waals surface area contributed by atoms with Crippen LogP contribution in [-0.4, -0.2) is 43.4 Å². The number of carbonyl (C=O) groups excluding carboxylic acids is 1. The maximum Gasteiger partial charge on any atom is 0.248 e. The molecule has 0 radical (unpaired) electrons. The van der Waals surface area contributed by atoms with E-state index in [0.717, 1.165) is 46.6 Å². The first-order chi connectivity index (χ1) is 16.4. The van der Waals surface area contributed by atoms with Crippen LogP contribution in [0, 0.1) is 11.3 Å². The summed E-state index contributed by atoms with van der Waals surface area (Å²) in [6, 6.07) is 8.05. The summed E-state index contributed by atoms with van der Waals surface area (Å²) in [5.41, 5.74) is 11.6. The molecular weight excluding hydrogens is 428 g/mol. The number of primary amides is 1. The molecule has 4 aromatic heterocycles. The summed E-state index contributed by atoms with van der Waals surface area (Å²) in [5.74, 6) is 0.254. The highest BCUT2D eigenvalue weighted by Crippen LogP contribution is 2.33. The van der Waals surface area contributed by atoms with Gasteiger partial charge in [-0.15, -0.1) is 0 Å². The van der Waals surface area contributed by atoms with E-state index in [4.69, 9.17) is 5.73 Å². The molecule has 34 heavy (non-hydrogen) atoms. The van der Waals surface area contributed by atoms with E-state index in [9.17, 15) is 10.1 Å². The lowest BCUT2D eigenvalue weighted by atomic mass is 9.95. The second-order valence-corrected chi connectivity index (χ2v) is 8.18. The Labute approximate surface area is 196 Å². The van der Waals surface area contributed by atoms with Crippen molar-refractivity contribution in [2.45, 2.75) is 6.42 Å². The Hall–Kier alpha value is -4.71. The molecule has 0 saturated heterocycles. The van der Waals surface area contributed by atoms with Crippen molar-refractivity contribution in [1.82, 2.24) is 24.4 Å². The van der Waals surface area contributed by atoms with Crippen LogP contribution in [0.15, 0.2) is 61.8 Å². The van der Waals surface area contributed by atoms with Crippen molar-refractivity contribution >= 4 is 28.4 Å². The van der Waals surface area contributed by atoms with Gasteiger partial charge in [0.1, 0.15) is 11.9 Å². The Morgan fingerprint density at radius 3 is 2.65 bits per heavy atom. The number of rotatable bonds is 5. The van der Waals surface area contributed by atoms with Gasteiger partial charge in [0.15, 0.2) is 0 Å². The number of amides is 1. The molecule has 0 fully saturated rings. The summed E-state index contributed by atoms with van der Waals surface area (Å²) in [5, 5.41) is 18.3. The third-order valence-electron chi connectivity index (χ3n) is 6.04. The summed E-state index contributed by atoms with van der Waals surface area (Å²) in [7, 11) is 1.88. The molecule has 1 aliphatic heterocycles. The van der Waals surface area contributed by atoms with Crippen molar-refractivity contribution in [2.24, 2.45) is 12.8 Å². The summed E-state index contributed by atoms with van der Waals surface area (Å²) in [4.78, 5) is 18.0. The van der Waals surface area contributed by atoms with Crippen molar-refractivity contribution in [2.75, 3.05) is 18.0 Å². The molecular formula is C25H22N8O. The van der Waals surface area contributed by atoms with Crippen LogP contribution in [0.4, 0.5) is 5.82 Å². The van der Waals surface area contributed by atoms with Gasteiger partial charge in [0, 0.05) is 66.6 Å². The predicted octanol–water partition coefficient (Wildman–Crippen LogP) is 2.79. The van der Waals surface area contributed by atoms with Crippen molar-refractivity contribution in [3.8, 4) is 17.2 Å². The van der Waals surface area contributed by atoms with Gasteiger partial charge >= 0.3 is 0 Å². The molecule has 0 aromatic carbocycles. The number of hydrogen-bond donors (Lipinski definition) is 1. The number of pyridine rings is 2. The van der Waals surface area contributed by atoms with Crippen molar-refractivity contribution < 1.29 is 4.79 Å². The van der Waals surface area contributed by atoms with E-state index < -0.39 is 5.91 Å². The van der Waals surface area contributed by atoms with Gasteiger partial charge in [-0.3, -0.25) is 9.48 Å². The summed E-state index contributed by atoms with van der Waals surface area (Å²) >= 11 is 0. The minimum atomic E-state index is -0.559. The highest BCUT2D eigenvalue weighted by molar-refractivity contribution is 6.17. The van der Waals surface area contributed by atoms with Crippen molar-refractivity contribution in [1.29, 1.82) is 5.26 Å². The largest absolute Gasteiger partial charge is 0.366 e. The first-order valence-corrected chi connectivity index (χ1v) is 10.7. The SMILES string of the molecule is C=C(C(N)=O)c1ccc(N2CC=C(c3cc(-c4cnn(C)c4)cn4ncc(C#N)c34)CC2)nc1. The highest BCUT2D eigenvalue weighted by Gasteiger charge is 2.20. The van der Waals surface area contributed by atoms with Crippen LogP contribution >= 0.6 is 0 Å². The Kier molecular flexibility index (Phi) is 5.18. The van der Waals surface area contributed by atoms with Gasteiger partial charge in [-0.2, -0.15) is 15.5 Å². The van der Waals surface area contributed by atoms with Gasteiger partial charge in [-0.25, -0.2) is 9.50 Å². The number of nitriles is 1. The minimum Gasteiger partial charge on any atom is -0.366 e. The van der Waals surface area contributed by atoms with Crippen molar-refractivity contribution in [3.63, 3.8) is 0 Å². The van der Waals surface area contributed by atoms with Gasteiger partial charge in [0.2, 0.25) is 5.91 Å². The Balaban J connectivity index is 1.48. The fourth-order valence-electron chi connectivity index (χ4n) is 4.19. The van der Waals surface area contributed by atoms with E-state index in [-0.39, 0.29) is 5.57 Å². The van der Waals surface area contributed by atoms with Gasteiger partial charge in [-0.05, 0) is 30.2 Å². The van der Waals surface area contributed by atoms with Gasteiger partial charge in [0.25, 0.3) is 0 Å². The number of nitrogens with zero attached hydrogens (tertiary/aromatic N) is 7. The molecule has 0 saturated carbocycles. The average Bonchev–Trinajstić information content (AvgIpc) is 3.49. The number of fused-ring (bicyclic) bond motifs is 1.